The summed E-state index contributed by atoms with van der Waals surface area (Å²) in [4.78, 5) is 4.46. The SMILES string of the molecule is CC(C)(CN)Nc1nc(C(C)(C)C)ns1. The van der Waals surface area contributed by atoms with Crippen molar-refractivity contribution >= 4 is 16.7 Å². The van der Waals surface area contributed by atoms with Crippen LogP contribution in [0.25, 0.3) is 0 Å². The Labute approximate surface area is 95.5 Å². The van der Waals surface area contributed by atoms with Gasteiger partial charge in [-0.2, -0.15) is 4.37 Å². The maximum absolute atomic E-state index is 5.64. The highest BCUT2D eigenvalue weighted by molar-refractivity contribution is 7.09. The van der Waals surface area contributed by atoms with E-state index in [0.717, 1.165) is 11.0 Å². The summed E-state index contributed by atoms with van der Waals surface area (Å²) in [5, 5.41) is 4.12. The number of anilines is 1. The third-order valence-corrected chi connectivity index (χ3v) is 2.68. The highest BCUT2D eigenvalue weighted by Gasteiger charge is 2.22. The average molecular weight is 228 g/mol. The minimum Gasteiger partial charge on any atom is -0.354 e. The molecule has 0 unspecified atom stereocenters. The summed E-state index contributed by atoms with van der Waals surface area (Å²) in [6.07, 6.45) is 0. The van der Waals surface area contributed by atoms with E-state index in [-0.39, 0.29) is 11.0 Å². The summed E-state index contributed by atoms with van der Waals surface area (Å²) in [5.41, 5.74) is 5.51. The summed E-state index contributed by atoms with van der Waals surface area (Å²) >= 11 is 1.39. The van der Waals surface area contributed by atoms with Crippen LogP contribution in [0.2, 0.25) is 0 Å². The second-order valence-electron chi connectivity index (χ2n) is 5.39. The Morgan fingerprint density at radius 3 is 2.27 bits per heavy atom. The van der Waals surface area contributed by atoms with Gasteiger partial charge in [-0.1, -0.05) is 20.8 Å². The number of hydrogen-bond acceptors (Lipinski definition) is 5. The zero-order valence-electron chi connectivity index (χ0n) is 10.1. The molecule has 0 aliphatic carbocycles. The van der Waals surface area contributed by atoms with E-state index in [1.807, 2.05) is 13.8 Å². The topological polar surface area (TPSA) is 63.8 Å². The first-order chi connectivity index (χ1) is 6.74. The second-order valence-corrected chi connectivity index (χ2v) is 6.14. The lowest BCUT2D eigenvalue weighted by molar-refractivity contribution is 0.550. The minimum absolute atomic E-state index is 0.00326. The van der Waals surface area contributed by atoms with Gasteiger partial charge in [-0.25, -0.2) is 4.98 Å². The van der Waals surface area contributed by atoms with Crippen LogP contribution in [0.3, 0.4) is 0 Å². The molecule has 0 spiro atoms. The van der Waals surface area contributed by atoms with E-state index < -0.39 is 0 Å². The summed E-state index contributed by atoms with van der Waals surface area (Å²) in [6.45, 7) is 11.0. The molecule has 4 nitrogen and oxygen atoms in total. The molecule has 0 saturated heterocycles. The Balaban J connectivity index is 2.78. The van der Waals surface area contributed by atoms with E-state index >= 15 is 0 Å². The van der Waals surface area contributed by atoms with E-state index in [9.17, 15) is 0 Å². The van der Waals surface area contributed by atoms with Crippen LogP contribution in [0, 0.1) is 0 Å². The van der Waals surface area contributed by atoms with Gasteiger partial charge in [-0.3, -0.25) is 0 Å². The van der Waals surface area contributed by atoms with Crippen molar-refractivity contribution in [3.05, 3.63) is 5.82 Å². The van der Waals surface area contributed by atoms with Crippen LogP contribution in [0.5, 0.6) is 0 Å². The Morgan fingerprint density at radius 2 is 1.87 bits per heavy atom. The van der Waals surface area contributed by atoms with Crippen molar-refractivity contribution in [1.82, 2.24) is 9.36 Å². The van der Waals surface area contributed by atoms with Gasteiger partial charge in [0.15, 0.2) is 0 Å². The molecule has 0 radical (unpaired) electrons. The minimum atomic E-state index is -0.130. The molecule has 0 bridgehead atoms. The van der Waals surface area contributed by atoms with Crippen LogP contribution in [0.1, 0.15) is 40.4 Å². The number of rotatable bonds is 3. The predicted octanol–water partition coefficient (Wildman–Crippen LogP) is 1.98. The number of hydrogen-bond donors (Lipinski definition) is 2. The molecule has 1 aromatic heterocycles. The summed E-state index contributed by atoms with van der Waals surface area (Å²) in [5.74, 6) is 0.878. The summed E-state index contributed by atoms with van der Waals surface area (Å²) < 4.78 is 4.33. The highest BCUT2D eigenvalue weighted by Crippen LogP contribution is 2.24. The van der Waals surface area contributed by atoms with Crippen LogP contribution in [0.4, 0.5) is 5.13 Å². The summed E-state index contributed by atoms with van der Waals surface area (Å²) in [7, 11) is 0. The first kappa shape index (κ1) is 12.4. The first-order valence-electron chi connectivity index (χ1n) is 5.07. The van der Waals surface area contributed by atoms with Gasteiger partial charge in [-0.15, -0.1) is 0 Å². The maximum Gasteiger partial charge on any atom is 0.203 e. The van der Waals surface area contributed by atoms with Crippen LogP contribution in [-0.2, 0) is 5.41 Å². The Morgan fingerprint density at radius 1 is 1.27 bits per heavy atom. The molecule has 3 N–H and O–H groups in total. The standard InChI is InChI=1S/C10H20N4S/c1-9(2,3)7-12-8(15-14-7)13-10(4,5)6-11/h6,11H2,1-5H3,(H,12,13,14). The Hall–Kier alpha value is -0.680. The van der Waals surface area contributed by atoms with Crippen LogP contribution in [-0.4, -0.2) is 21.4 Å². The molecule has 1 heterocycles. The molecule has 0 aromatic carbocycles. The molecule has 0 aliphatic rings. The van der Waals surface area contributed by atoms with Gasteiger partial charge in [0.2, 0.25) is 5.13 Å². The zero-order valence-corrected chi connectivity index (χ0v) is 10.9. The van der Waals surface area contributed by atoms with Crippen LogP contribution in [0.15, 0.2) is 0 Å². The number of nitrogens with one attached hydrogen (secondary N) is 1. The monoisotopic (exact) mass is 228 g/mol. The first-order valence-corrected chi connectivity index (χ1v) is 5.84. The fraction of sp³-hybridized carbons (Fsp3) is 0.800. The van der Waals surface area contributed by atoms with Gasteiger partial charge in [0.05, 0.1) is 0 Å². The summed E-state index contributed by atoms with van der Waals surface area (Å²) in [6, 6.07) is 0. The van der Waals surface area contributed by atoms with E-state index in [2.05, 4.69) is 35.4 Å². The van der Waals surface area contributed by atoms with Crippen molar-refractivity contribution in [2.24, 2.45) is 5.73 Å². The van der Waals surface area contributed by atoms with Gasteiger partial charge in [0.25, 0.3) is 0 Å². The Kier molecular flexibility index (Phi) is 3.35. The van der Waals surface area contributed by atoms with Gasteiger partial charge < -0.3 is 11.1 Å². The van der Waals surface area contributed by atoms with E-state index in [0.29, 0.717) is 6.54 Å². The molecule has 15 heavy (non-hydrogen) atoms. The molecule has 0 fully saturated rings. The lowest BCUT2D eigenvalue weighted by Gasteiger charge is -2.23. The van der Waals surface area contributed by atoms with Crippen molar-refractivity contribution in [3.63, 3.8) is 0 Å². The molecule has 5 heteroatoms. The van der Waals surface area contributed by atoms with E-state index in [1.54, 1.807) is 0 Å². The van der Waals surface area contributed by atoms with E-state index in [4.69, 9.17) is 5.73 Å². The normalized spacial score (nSPS) is 12.9. The van der Waals surface area contributed by atoms with Gasteiger partial charge in [0, 0.05) is 29.0 Å². The molecule has 1 aromatic rings. The molecule has 0 amide bonds. The molecule has 86 valence electrons. The fourth-order valence-electron chi connectivity index (χ4n) is 0.919. The van der Waals surface area contributed by atoms with Crippen LogP contribution < -0.4 is 11.1 Å². The van der Waals surface area contributed by atoms with Crippen molar-refractivity contribution in [1.29, 1.82) is 0 Å². The molecule has 0 aliphatic heterocycles. The van der Waals surface area contributed by atoms with Gasteiger partial charge in [-0.05, 0) is 13.8 Å². The fourth-order valence-corrected chi connectivity index (χ4v) is 1.86. The third-order valence-electron chi connectivity index (χ3n) is 2.05. The molecule has 0 saturated carbocycles. The van der Waals surface area contributed by atoms with Crippen molar-refractivity contribution in [2.45, 2.75) is 45.6 Å². The number of nitrogens with zero attached hydrogens (tertiary/aromatic N) is 2. The highest BCUT2D eigenvalue weighted by atomic mass is 32.1. The van der Waals surface area contributed by atoms with Gasteiger partial charge in [0.1, 0.15) is 5.82 Å². The van der Waals surface area contributed by atoms with Crippen molar-refractivity contribution in [2.75, 3.05) is 11.9 Å². The third kappa shape index (κ3) is 3.43. The van der Waals surface area contributed by atoms with E-state index in [1.165, 1.54) is 11.5 Å². The maximum atomic E-state index is 5.64. The quantitative estimate of drug-likeness (QED) is 0.830. The molecule has 1 rings (SSSR count). The lowest BCUT2D eigenvalue weighted by atomic mass is 9.96. The second kappa shape index (κ2) is 4.06. The number of aromatic nitrogens is 2. The van der Waals surface area contributed by atoms with Gasteiger partial charge >= 0.3 is 0 Å². The smallest absolute Gasteiger partial charge is 0.203 e. The van der Waals surface area contributed by atoms with Crippen LogP contribution >= 0.6 is 11.5 Å². The molecular weight excluding hydrogens is 208 g/mol. The largest absolute Gasteiger partial charge is 0.354 e. The lowest BCUT2D eigenvalue weighted by Crippen LogP contribution is -2.39. The predicted molar refractivity (Wildman–Crippen MR) is 65.4 cm³/mol. The average Bonchev–Trinajstić information content (AvgIpc) is 2.51. The molecular formula is C10H20N4S. The number of nitrogens with two attached hydrogens (primary N) is 1. The Bertz CT molecular complexity index is 324. The van der Waals surface area contributed by atoms with Crippen molar-refractivity contribution in [3.8, 4) is 0 Å². The van der Waals surface area contributed by atoms with Crippen molar-refractivity contribution < 1.29 is 0 Å². The zero-order chi connectivity index (χ0) is 11.7. The molecule has 0 atom stereocenters.